The van der Waals surface area contributed by atoms with Crippen LogP contribution in [0.4, 0.5) is 8.78 Å². The molecule has 3 rings (SSSR count). The number of nitrogens with zero attached hydrogens (tertiary/aromatic N) is 1. The number of hydrogen-bond acceptors (Lipinski definition) is 3. The molecule has 1 amide bonds. The zero-order valence-corrected chi connectivity index (χ0v) is 14.6. The summed E-state index contributed by atoms with van der Waals surface area (Å²) in [5, 5.41) is 0. The normalized spacial score (nSPS) is 12.8. The Morgan fingerprint density at radius 1 is 1.08 bits per heavy atom. The predicted molar refractivity (Wildman–Crippen MR) is 93.5 cm³/mol. The number of aryl methyl sites for hydroxylation is 2. The summed E-state index contributed by atoms with van der Waals surface area (Å²) in [6.07, 6.45) is 3.34. The first-order valence-corrected chi connectivity index (χ1v) is 8.53. The van der Waals surface area contributed by atoms with Crippen LogP contribution in [0.5, 0.6) is 11.5 Å². The summed E-state index contributed by atoms with van der Waals surface area (Å²) < 4.78 is 34.2. The molecule has 0 unspecified atom stereocenters. The average molecular weight is 361 g/mol. The van der Waals surface area contributed by atoms with E-state index in [2.05, 4.69) is 10.8 Å². The van der Waals surface area contributed by atoms with E-state index in [1.165, 1.54) is 34.6 Å². The Bertz CT molecular complexity index is 762. The summed E-state index contributed by atoms with van der Waals surface area (Å²) >= 11 is 0. The highest BCUT2D eigenvalue weighted by Gasteiger charge is 2.14. The number of amides is 1. The van der Waals surface area contributed by atoms with Crippen molar-refractivity contribution in [1.82, 2.24) is 4.90 Å². The number of halogens is 2. The lowest BCUT2D eigenvalue weighted by Crippen LogP contribution is -2.30. The van der Waals surface area contributed by atoms with E-state index >= 15 is 0 Å². The average Bonchev–Trinajstić information content (AvgIpc) is 3.08. The van der Waals surface area contributed by atoms with E-state index in [1.807, 2.05) is 12.1 Å². The molecule has 138 valence electrons. The molecule has 0 radical (unpaired) electrons. The van der Waals surface area contributed by atoms with E-state index in [0.717, 1.165) is 18.4 Å². The minimum Gasteiger partial charge on any atom is -0.484 e. The smallest absolute Gasteiger partial charge is 0.387 e. The van der Waals surface area contributed by atoms with Gasteiger partial charge < -0.3 is 14.4 Å². The fraction of sp³-hybridized carbons (Fsp3) is 0.350. The zero-order valence-electron chi connectivity index (χ0n) is 14.6. The number of alkyl halides is 2. The molecular weight excluding hydrogens is 340 g/mol. The topological polar surface area (TPSA) is 38.8 Å². The van der Waals surface area contributed by atoms with Crippen molar-refractivity contribution in [2.75, 3.05) is 13.7 Å². The molecule has 0 atom stereocenters. The Hall–Kier alpha value is -2.63. The summed E-state index contributed by atoms with van der Waals surface area (Å²) in [7, 11) is 1.68. The Balaban J connectivity index is 1.50. The van der Waals surface area contributed by atoms with Crippen LogP contribution >= 0.6 is 0 Å². The molecule has 2 aromatic rings. The van der Waals surface area contributed by atoms with Crippen LogP contribution in [0.15, 0.2) is 42.5 Å². The highest BCUT2D eigenvalue weighted by molar-refractivity contribution is 5.77. The summed E-state index contributed by atoms with van der Waals surface area (Å²) in [6.45, 7) is -2.52. The minimum absolute atomic E-state index is 0.0398. The van der Waals surface area contributed by atoms with Gasteiger partial charge in [-0.15, -0.1) is 0 Å². The molecule has 2 aromatic carbocycles. The van der Waals surface area contributed by atoms with Gasteiger partial charge in [0.1, 0.15) is 11.5 Å². The number of carbonyl (C=O) groups excluding carboxylic acids is 1. The summed E-state index contributed by atoms with van der Waals surface area (Å²) in [6, 6.07) is 12.2. The molecule has 0 bridgehead atoms. The fourth-order valence-corrected chi connectivity index (χ4v) is 3.03. The van der Waals surface area contributed by atoms with Crippen LogP contribution < -0.4 is 9.47 Å². The van der Waals surface area contributed by atoms with Crippen LogP contribution in [0.2, 0.25) is 0 Å². The highest BCUT2D eigenvalue weighted by atomic mass is 19.3. The van der Waals surface area contributed by atoms with Gasteiger partial charge in [0.05, 0.1) is 0 Å². The lowest BCUT2D eigenvalue weighted by Gasteiger charge is -2.18. The first-order chi connectivity index (χ1) is 12.5. The molecular formula is C20H21F2NO3. The standard InChI is InChI=1S/C20H21F2NO3/c1-23(12-14-5-8-17(9-6-14)26-20(21)22)19(24)13-25-18-10-7-15-3-2-4-16(15)11-18/h5-11,20H,2-4,12-13H2,1H3. The first kappa shape index (κ1) is 18.2. The number of rotatable bonds is 7. The fourth-order valence-electron chi connectivity index (χ4n) is 3.03. The van der Waals surface area contributed by atoms with Gasteiger partial charge in [-0.05, 0) is 60.2 Å². The summed E-state index contributed by atoms with van der Waals surface area (Å²) in [5.74, 6) is 0.650. The molecule has 6 heteroatoms. The Morgan fingerprint density at radius 2 is 1.77 bits per heavy atom. The Morgan fingerprint density at radius 3 is 2.50 bits per heavy atom. The maximum absolute atomic E-state index is 12.2. The summed E-state index contributed by atoms with van der Waals surface area (Å²) in [5.41, 5.74) is 3.48. The number of likely N-dealkylation sites (N-methyl/N-ethyl adjacent to an activating group) is 1. The van der Waals surface area contributed by atoms with Gasteiger partial charge >= 0.3 is 6.61 Å². The van der Waals surface area contributed by atoms with Gasteiger partial charge in [-0.3, -0.25) is 4.79 Å². The largest absolute Gasteiger partial charge is 0.484 e. The van der Waals surface area contributed by atoms with Crippen molar-refractivity contribution in [2.45, 2.75) is 32.4 Å². The minimum atomic E-state index is -2.85. The van der Waals surface area contributed by atoms with E-state index < -0.39 is 6.61 Å². The second-order valence-electron chi connectivity index (χ2n) is 6.35. The van der Waals surface area contributed by atoms with Gasteiger partial charge in [0.15, 0.2) is 6.61 Å². The first-order valence-electron chi connectivity index (χ1n) is 8.53. The molecule has 4 nitrogen and oxygen atoms in total. The number of benzene rings is 2. The van der Waals surface area contributed by atoms with Gasteiger partial charge in [0.2, 0.25) is 0 Å². The van der Waals surface area contributed by atoms with Gasteiger partial charge in [-0.1, -0.05) is 18.2 Å². The molecule has 0 fully saturated rings. The quantitative estimate of drug-likeness (QED) is 0.753. The molecule has 1 aliphatic rings. The third kappa shape index (κ3) is 4.71. The van der Waals surface area contributed by atoms with Gasteiger partial charge in [0.25, 0.3) is 5.91 Å². The lowest BCUT2D eigenvalue weighted by molar-refractivity contribution is -0.132. The van der Waals surface area contributed by atoms with Crippen molar-refractivity contribution in [1.29, 1.82) is 0 Å². The SMILES string of the molecule is CN(Cc1ccc(OC(F)F)cc1)C(=O)COc1ccc2c(c1)CCC2. The number of fused-ring (bicyclic) bond motifs is 1. The maximum atomic E-state index is 12.2. The van der Waals surface area contributed by atoms with Crippen molar-refractivity contribution in [3.05, 3.63) is 59.2 Å². The van der Waals surface area contributed by atoms with Gasteiger partial charge in [-0.2, -0.15) is 8.78 Å². The lowest BCUT2D eigenvalue weighted by atomic mass is 10.1. The molecule has 0 spiro atoms. The molecule has 0 N–H and O–H groups in total. The van der Waals surface area contributed by atoms with Gasteiger partial charge in [-0.25, -0.2) is 0 Å². The summed E-state index contributed by atoms with van der Waals surface area (Å²) in [4.78, 5) is 13.8. The van der Waals surface area contributed by atoms with Crippen molar-refractivity contribution in [3.8, 4) is 11.5 Å². The van der Waals surface area contributed by atoms with Crippen LogP contribution in [0, 0.1) is 0 Å². The van der Waals surface area contributed by atoms with Crippen LogP contribution in [0.3, 0.4) is 0 Å². The molecule has 0 saturated carbocycles. The number of ether oxygens (including phenoxy) is 2. The van der Waals surface area contributed by atoms with E-state index in [-0.39, 0.29) is 18.3 Å². The number of carbonyl (C=O) groups is 1. The third-order valence-corrected chi connectivity index (χ3v) is 4.43. The van der Waals surface area contributed by atoms with Crippen molar-refractivity contribution in [3.63, 3.8) is 0 Å². The molecule has 26 heavy (non-hydrogen) atoms. The second kappa shape index (κ2) is 8.17. The monoisotopic (exact) mass is 361 g/mol. The maximum Gasteiger partial charge on any atom is 0.387 e. The predicted octanol–water partition coefficient (Wildman–Crippen LogP) is 3.81. The van der Waals surface area contributed by atoms with Gasteiger partial charge in [0, 0.05) is 13.6 Å². The Labute approximate surface area is 151 Å². The van der Waals surface area contributed by atoms with E-state index in [4.69, 9.17) is 4.74 Å². The molecule has 0 heterocycles. The Kier molecular flexibility index (Phi) is 5.71. The van der Waals surface area contributed by atoms with Crippen LogP contribution in [-0.4, -0.2) is 31.1 Å². The molecule has 1 aliphatic carbocycles. The highest BCUT2D eigenvalue weighted by Crippen LogP contribution is 2.26. The molecule has 0 aromatic heterocycles. The van der Waals surface area contributed by atoms with Crippen molar-refractivity contribution < 1.29 is 23.0 Å². The van der Waals surface area contributed by atoms with E-state index in [9.17, 15) is 13.6 Å². The van der Waals surface area contributed by atoms with Crippen molar-refractivity contribution in [2.24, 2.45) is 0 Å². The van der Waals surface area contributed by atoms with Crippen LogP contribution in [0.25, 0.3) is 0 Å². The van der Waals surface area contributed by atoms with E-state index in [0.29, 0.717) is 12.3 Å². The zero-order chi connectivity index (χ0) is 18.5. The third-order valence-electron chi connectivity index (χ3n) is 4.43. The number of hydrogen-bond donors (Lipinski definition) is 0. The van der Waals surface area contributed by atoms with Crippen LogP contribution in [-0.2, 0) is 24.2 Å². The van der Waals surface area contributed by atoms with E-state index in [1.54, 1.807) is 19.2 Å². The molecule has 0 saturated heterocycles. The second-order valence-corrected chi connectivity index (χ2v) is 6.35. The van der Waals surface area contributed by atoms with Crippen LogP contribution in [0.1, 0.15) is 23.1 Å². The molecule has 0 aliphatic heterocycles. The van der Waals surface area contributed by atoms with Crippen molar-refractivity contribution >= 4 is 5.91 Å².